The predicted molar refractivity (Wildman–Crippen MR) is 179 cm³/mol. The van der Waals surface area contributed by atoms with Crippen molar-refractivity contribution in [3.63, 3.8) is 0 Å². The van der Waals surface area contributed by atoms with E-state index in [0.717, 1.165) is 27.3 Å². The van der Waals surface area contributed by atoms with Crippen LogP contribution in [0.2, 0.25) is 0 Å². The molecule has 2 aromatic carbocycles. The van der Waals surface area contributed by atoms with Crippen LogP contribution >= 0.6 is 11.3 Å². The number of hydrogen-bond donors (Lipinski definition) is 0. The van der Waals surface area contributed by atoms with Gasteiger partial charge in [-0.05, 0) is 58.9 Å². The Morgan fingerprint density at radius 1 is 0.795 bits per heavy atom. The Bertz CT molecular complexity index is 1980. The van der Waals surface area contributed by atoms with Crippen molar-refractivity contribution < 1.29 is 24.2 Å². The summed E-state index contributed by atoms with van der Waals surface area (Å²) in [4.78, 5) is 13.5. The van der Waals surface area contributed by atoms with Crippen molar-refractivity contribution in [1.29, 1.82) is 0 Å². The van der Waals surface area contributed by atoms with Crippen molar-refractivity contribution in [2.45, 2.75) is 76.5 Å². The molecule has 0 bridgehead atoms. The summed E-state index contributed by atoms with van der Waals surface area (Å²) >= 11 is 1.68. The van der Waals surface area contributed by atoms with Gasteiger partial charge in [-0.25, -0.2) is 0 Å². The van der Waals surface area contributed by atoms with Crippen LogP contribution in [0, 0.1) is 19.1 Å². The number of aryl methyl sites for hydroxylation is 1. The third kappa shape index (κ3) is 6.56. The molecule has 0 atom stereocenters. The molecule has 225 valence electrons. The first-order valence-corrected chi connectivity index (χ1v) is 16.4. The Labute approximate surface area is 282 Å². The molecule has 0 unspecified atom stereocenters. The van der Waals surface area contributed by atoms with E-state index in [0.29, 0.717) is 17.2 Å². The van der Waals surface area contributed by atoms with Gasteiger partial charge in [0.2, 0.25) is 0 Å². The average molecular weight is 775 g/mol. The minimum Gasteiger partial charge on any atom is -0.305 e. The topological polar surface area (TPSA) is 38.7 Å². The van der Waals surface area contributed by atoms with E-state index in [4.69, 9.17) is 9.10 Å². The molecule has 2 aliphatic rings. The minimum absolute atomic E-state index is 0. The van der Waals surface area contributed by atoms with Crippen molar-refractivity contribution in [2.24, 2.45) is 0 Å². The van der Waals surface area contributed by atoms with Crippen LogP contribution in [0.15, 0.2) is 85.2 Å². The van der Waals surface area contributed by atoms with Crippen molar-refractivity contribution in [2.75, 3.05) is 0 Å². The second-order valence-corrected chi connectivity index (χ2v) is 12.9. The Kier molecular flexibility index (Phi) is 8.77. The van der Waals surface area contributed by atoms with Gasteiger partial charge in [0, 0.05) is 49.3 Å². The molecule has 8 rings (SSSR count). The van der Waals surface area contributed by atoms with Crippen LogP contribution in [-0.4, -0.2) is 15.0 Å². The van der Waals surface area contributed by atoms with E-state index in [1.165, 1.54) is 90.8 Å². The summed E-state index contributed by atoms with van der Waals surface area (Å²) in [6.07, 6.45) is 15.5. The standard InChI is InChI=1S/C22H19N2S.C17H18N.Ir/c1-2-7-15(8-3-1)20-22-17(12-14-24-20)16-9-6-10-18(21(16)25-22)19-11-4-5-13-23-19;1-13-6-11-17(18-12-13)16-9-7-15(8-10-16)14-4-2-3-5-14;/h4-6,9,11-15H,1-3,7-8H2;6-9,11-12,14H,2-5H2,1H3;/q2*-1;/i4D,11D,13D;;. The number of benzene rings is 2. The van der Waals surface area contributed by atoms with Crippen LogP contribution in [0.1, 0.15) is 90.6 Å². The van der Waals surface area contributed by atoms with E-state index in [1.807, 2.05) is 18.5 Å². The zero-order valence-corrected chi connectivity index (χ0v) is 28.2. The molecule has 0 saturated heterocycles. The SMILES string of the molecule is Cc1ccc(-c2[c-]cc(C3CCCC3)cc2)nc1.[2H]c1cc([2H])c([2H])c(-c2[c-]ccc3c2sc2c(C4CCCCC4)nccc23)n1.[Ir]. The van der Waals surface area contributed by atoms with Gasteiger partial charge in [0.25, 0.3) is 0 Å². The first-order chi connectivity index (χ1) is 22.5. The van der Waals surface area contributed by atoms with Gasteiger partial charge in [-0.1, -0.05) is 80.5 Å². The van der Waals surface area contributed by atoms with Gasteiger partial charge >= 0.3 is 0 Å². The number of aromatic nitrogens is 3. The molecule has 2 aliphatic carbocycles. The first-order valence-electron chi connectivity index (χ1n) is 17.1. The van der Waals surface area contributed by atoms with Crippen LogP contribution in [0.25, 0.3) is 42.7 Å². The van der Waals surface area contributed by atoms with Crippen molar-refractivity contribution in [3.05, 3.63) is 114 Å². The molecule has 0 spiro atoms. The Hall–Kier alpha value is -3.24. The van der Waals surface area contributed by atoms with Crippen LogP contribution in [0.5, 0.6) is 0 Å². The summed E-state index contributed by atoms with van der Waals surface area (Å²) in [5.41, 5.74) is 7.02. The number of nitrogens with zero attached hydrogens (tertiary/aromatic N) is 3. The van der Waals surface area contributed by atoms with Crippen molar-refractivity contribution in [1.82, 2.24) is 15.0 Å². The Morgan fingerprint density at radius 2 is 1.59 bits per heavy atom. The van der Waals surface area contributed by atoms with Crippen LogP contribution < -0.4 is 0 Å². The zero-order valence-electron chi connectivity index (χ0n) is 28.0. The van der Waals surface area contributed by atoms with E-state index < -0.39 is 0 Å². The fourth-order valence-electron chi connectivity index (χ4n) is 6.65. The van der Waals surface area contributed by atoms with Crippen LogP contribution in [-0.2, 0) is 20.1 Å². The molecule has 0 aliphatic heterocycles. The molecule has 2 saturated carbocycles. The Morgan fingerprint density at radius 3 is 2.36 bits per heavy atom. The quantitative estimate of drug-likeness (QED) is 0.167. The monoisotopic (exact) mass is 775 g/mol. The van der Waals surface area contributed by atoms with Crippen LogP contribution in [0.3, 0.4) is 0 Å². The fourth-order valence-corrected chi connectivity index (χ4v) is 8.01. The fraction of sp³-hybridized carbons (Fsp3) is 0.308. The second-order valence-electron chi connectivity index (χ2n) is 11.8. The van der Waals surface area contributed by atoms with Gasteiger partial charge < -0.3 is 9.97 Å². The number of thiophene rings is 1. The summed E-state index contributed by atoms with van der Waals surface area (Å²) < 4.78 is 26.3. The molecule has 4 aromatic heterocycles. The number of hydrogen-bond acceptors (Lipinski definition) is 4. The molecule has 3 nitrogen and oxygen atoms in total. The molecule has 44 heavy (non-hydrogen) atoms. The summed E-state index contributed by atoms with van der Waals surface area (Å²) in [7, 11) is 0. The van der Waals surface area contributed by atoms with Crippen molar-refractivity contribution >= 4 is 31.5 Å². The van der Waals surface area contributed by atoms with E-state index >= 15 is 0 Å². The van der Waals surface area contributed by atoms with Gasteiger partial charge in [0.05, 0.1) is 9.81 Å². The average Bonchev–Trinajstić information content (AvgIpc) is 3.77. The molecule has 4 heterocycles. The van der Waals surface area contributed by atoms with E-state index in [9.17, 15) is 0 Å². The van der Waals surface area contributed by atoms with E-state index in [-0.39, 0.29) is 38.4 Å². The largest absolute Gasteiger partial charge is 0.305 e. The molecule has 6 aromatic rings. The molecule has 0 N–H and O–H groups in total. The maximum Gasteiger partial charge on any atom is 0.0830 e. The van der Waals surface area contributed by atoms with E-state index in [1.54, 1.807) is 11.3 Å². The zero-order chi connectivity index (χ0) is 31.6. The summed E-state index contributed by atoms with van der Waals surface area (Å²) in [6, 6.07) is 24.7. The number of pyridine rings is 3. The normalized spacial score (nSPS) is 16.5. The molecule has 2 fully saturated rings. The maximum atomic E-state index is 8.28. The molecule has 5 heteroatoms. The van der Waals surface area contributed by atoms with Gasteiger partial charge in [0.15, 0.2) is 0 Å². The van der Waals surface area contributed by atoms with Gasteiger partial charge in [-0.15, -0.1) is 59.2 Å². The van der Waals surface area contributed by atoms with Gasteiger partial charge in [0.1, 0.15) is 0 Å². The summed E-state index contributed by atoms with van der Waals surface area (Å²) in [5, 5.41) is 2.29. The molecular weight excluding hydrogens is 735 g/mol. The number of fused-ring (bicyclic) bond motifs is 3. The minimum atomic E-state index is 0. The van der Waals surface area contributed by atoms with Crippen LogP contribution in [0.4, 0.5) is 0 Å². The third-order valence-corrected chi connectivity index (χ3v) is 10.2. The third-order valence-electron chi connectivity index (χ3n) is 8.96. The van der Waals surface area contributed by atoms with Gasteiger partial charge in [-0.3, -0.25) is 4.98 Å². The number of rotatable bonds is 4. The predicted octanol–water partition coefficient (Wildman–Crippen LogP) is 10.9. The smallest absolute Gasteiger partial charge is 0.0830 e. The van der Waals surface area contributed by atoms with E-state index in [2.05, 4.69) is 71.5 Å². The second kappa shape index (κ2) is 14.2. The first kappa shape index (κ1) is 27.1. The molecule has 0 amide bonds. The van der Waals surface area contributed by atoms with Gasteiger partial charge in [-0.2, -0.15) is 11.3 Å². The molecular formula is C39H37IrN3S-2. The summed E-state index contributed by atoms with van der Waals surface area (Å²) in [6.45, 7) is 2.06. The van der Waals surface area contributed by atoms with Crippen molar-refractivity contribution in [3.8, 4) is 22.5 Å². The summed E-state index contributed by atoms with van der Waals surface area (Å²) in [5.74, 6) is 1.28. The Balaban J connectivity index is 0.000000176. The molecule has 1 radical (unpaired) electrons. The maximum absolute atomic E-state index is 8.28.